The molecular weight excluding hydrogens is 1740 g/mol. The zero-order valence-electron chi connectivity index (χ0n) is 76.6. The number of benzene rings is 3. The summed E-state index contributed by atoms with van der Waals surface area (Å²) < 4.78 is 10.7. The van der Waals surface area contributed by atoms with Crippen molar-refractivity contribution in [2.75, 3.05) is 99.2 Å². The number of aliphatic carboxylic acids is 1. The Morgan fingerprint density at radius 2 is 0.672 bits per heavy atom. The lowest BCUT2D eigenvalue weighted by Gasteiger charge is -2.25. The Balaban J connectivity index is 1.78. The van der Waals surface area contributed by atoms with Gasteiger partial charge in [-0.2, -0.15) is 0 Å². The Morgan fingerprint density at radius 3 is 1.08 bits per heavy atom. The number of hydrogen-bond acceptors (Lipinski definition) is 23. The van der Waals surface area contributed by atoms with Crippen molar-refractivity contribution in [1.29, 1.82) is 0 Å². The highest BCUT2D eigenvalue weighted by Gasteiger charge is 2.34. The topological polar surface area (TPSA) is 611 Å². The fraction of sp³-hybridized carbons (Fsp3) is 0.558. The van der Waals surface area contributed by atoms with E-state index in [2.05, 4.69) is 90.4 Å². The van der Waals surface area contributed by atoms with Crippen molar-refractivity contribution in [2.45, 2.75) is 192 Å². The Morgan fingerprint density at radius 1 is 0.336 bits per heavy atom. The number of nitrogens with one attached hydrogen (secondary N) is 17. The van der Waals surface area contributed by atoms with Gasteiger partial charge in [0, 0.05) is 65.1 Å². The quantitative estimate of drug-likeness (QED) is 0.0145. The van der Waals surface area contributed by atoms with Crippen molar-refractivity contribution in [1.82, 2.24) is 90.4 Å². The number of carboxylic acid groups (broad SMARTS) is 1. The second-order valence-electron chi connectivity index (χ2n) is 32.7. The summed E-state index contributed by atoms with van der Waals surface area (Å²) >= 11 is 0. The van der Waals surface area contributed by atoms with E-state index in [1.54, 1.807) is 119 Å². The van der Waals surface area contributed by atoms with E-state index in [-0.39, 0.29) is 145 Å². The third-order valence-corrected chi connectivity index (χ3v) is 21.9. The lowest BCUT2D eigenvalue weighted by molar-refractivity contribution is -0.142. The number of carbonyl (C=O) groups excluding carboxylic acids is 19. The molecule has 0 saturated carbocycles. The average Bonchev–Trinajstić information content (AvgIpc) is 0.869. The Kier molecular flexibility index (Phi) is 54.9. The first-order chi connectivity index (χ1) is 62.2. The predicted molar refractivity (Wildman–Crippen MR) is 494 cm³/mol. The summed E-state index contributed by atoms with van der Waals surface area (Å²) in [5, 5.41) is 53.6. The van der Waals surface area contributed by atoms with Gasteiger partial charge >= 0.3 is 5.97 Å². The van der Waals surface area contributed by atoms with Crippen molar-refractivity contribution in [2.24, 2.45) is 23.5 Å². The number of amides is 17. The third kappa shape index (κ3) is 49.8. The predicted octanol–water partition coefficient (Wildman–Crippen LogP) is -4.26. The molecule has 720 valence electrons. The standard InChI is InChI=1S/C86H132B2N18O23P2/c1-52(2)39-61(104-83(123)64(101-71(111)45-89)42-55-21-13-10-14-22-55)80(120)95-47-73(113)99-58(78(118)92-35-36-128-37-38-129-51-75(115)90-7)27-19-20-34-91-67(107)32-33-70(110)100-60(86(126)127)29-31-69(109)98-59(79(119)94-48-74(114)103-66(44-57-25-17-12-18-26-57)85(125)106-63(41-54(5)6)82(122)97-50-77(117)131(9)88)28-30-68(108)93-46-72(112)102-65(43-56-23-15-11-16-24-56)84(124)105-62(40-53(3)4)81(121)96-49-76(116)130(8)87/h10-18,21-26,52-54,58-66H,19-20,27-51,87-89H2,1-9H3,(H,90,115)(H,91,107)(H,92,118)(H,93,108)(H,94,119)(H,95,120)(H,96,121)(H,97,122)(H,98,109)(H,99,113)(H,100,110)(H,101,111)(H,102,112)(H,103,114)(H,104,123)(H,105,124)(H,106,125)(H,126,127). The maximum absolute atomic E-state index is 14.2. The molecule has 11 unspecified atom stereocenters. The number of rotatable bonds is 65. The van der Waals surface area contributed by atoms with Crippen LogP contribution in [0.1, 0.15) is 135 Å². The molecule has 3 aromatic carbocycles. The number of ether oxygens (including phenoxy) is 2. The molecule has 0 aliphatic carbocycles. The van der Waals surface area contributed by atoms with Gasteiger partial charge in [0.1, 0.15) is 76.1 Å². The minimum atomic E-state index is -1.76. The van der Waals surface area contributed by atoms with Gasteiger partial charge in [-0.3, -0.25) is 91.1 Å². The van der Waals surface area contributed by atoms with Crippen LogP contribution in [0.15, 0.2) is 91.0 Å². The fourth-order valence-corrected chi connectivity index (χ4v) is 13.3. The van der Waals surface area contributed by atoms with Gasteiger partial charge in [-0.25, -0.2) is 4.79 Å². The summed E-state index contributed by atoms with van der Waals surface area (Å²) in [6.07, 6.45) is -2.70. The molecule has 11 atom stereocenters. The zero-order valence-corrected chi connectivity index (χ0v) is 78.4. The number of carbonyl (C=O) groups is 20. The van der Waals surface area contributed by atoms with E-state index in [0.29, 0.717) is 16.7 Å². The minimum Gasteiger partial charge on any atom is -0.480 e. The zero-order chi connectivity index (χ0) is 97.5. The highest BCUT2D eigenvalue weighted by atomic mass is 31.1. The van der Waals surface area contributed by atoms with Crippen LogP contribution in [-0.2, 0) is 125 Å². The van der Waals surface area contributed by atoms with Crippen LogP contribution in [0.4, 0.5) is 0 Å². The summed E-state index contributed by atoms with van der Waals surface area (Å²) in [7, 11) is 2.86. The van der Waals surface area contributed by atoms with Gasteiger partial charge in [-0.05, 0) is 99.1 Å². The largest absolute Gasteiger partial charge is 0.480 e. The second-order valence-corrected chi connectivity index (χ2v) is 37.3. The van der Waals surface area contributed by atoms with Crippen LogP contribution in [0.3, 0.4) is 0 Å². The van der Waals surface area contributed by atoms with Gasteiger partial charge in [0.05, 0.1) is 59.1 Å². The molecule has 0 fully saturated rings. The molecule has 0 aromatic heterocycles. The van der Waals surface area contributed by atoms with Crippen LogP contribution >= 0.6 is 15.6 Å². The molecule has 0 aliphatic heterocycles. The highest BCUT2D eigenvalue weighted by molar-refractivity contribution is 7.95. The van der Waals surface area contributed by atoms with E-state index in [4.69, 9.17) is 15.2 Å². The van der Waals surface area contributed by atoms with Crippen LogP contribution in [0.25, 0.3) is 0 Å². The summed E-state index contributed by atoms with van der Waals surface area (Å²) in [4.78, 5) is 267. The van der Waals surface area contributed by atoms with E-state index in [1.807, 2.05) is 41.5 Å². The number of likely N-dealkylation sites (N-methyl/N-ethyl adjacent to an activating group) is 1. The van der Waals surface area contributed by atoms with E-state index < -0.39 is 235 Å². The molecule has 0 spiro atoms. The van der Waals surface area contributed by atoms with Crippen LogP contribution in [0.5, 0.6) is 0 Å². The van der Waals surface area contributed by atoms with Crippen molar-refractivity contribution in [3.8, 4) is 0 Å². The van der Waals surface area contributed by atoms with Crippen molar-refractivity contribution >= 4 is 148 Å². The maximum atomic E-state index is 14.2. The van der Waals surface area contributed by atoms with Crippen molar-refractivity contribution < 1.29 is 110 Å². The van der Waals surface area contributed by atoms with Gasteiger partial charge in [-0.1, -0.05) is 148 Å². The van der Waals surface area contributed by atoms with Crippen LogP contribution < -0.4 is 96.1 Å². The van der Waals surface area contributed by atoms with E-state index in [0.717, 1.165) is 0 Å². The molecule has 0 bridgehead atoms. The Labute approximate surface area is 768 Å². The average molecular weight is 1870 g/mol. The van der Waals surface area contributed by atoms with Crippen molar-refractivity contribution in [3.05, 3.63) is 108 Å². The van der Waals surface area contributed by atoms with Gasteiger partial charge in [0.2, 0.25) is 100 Å². The molecule has 3 aromatic rings. The molecule has 20 N–H and O–H groups in total. The van der Waals surface area contributed by atoms with Crippen LogP contribution in [0.2, 0.25) is 0 Å². The number of hydrogen-bond donors (Lipinski definition) is 19. The molecule has 41 nitrogen and oxygen atoms in total. The first-order valence-electron chi connectivity index (χ1n) is 43.6. The summed E-state index contributed by atoms with van der Waals surface area (Å²) in [6, 6.07) is 14.0. The fourth-order valence-electron chi connectivity index (χ4n) is 12.6. The van der Waals surface area contributed by atoms with Gasteiger partial charge in [-0.15, -0.1) is 0 Å². The SMILES string of the molecule is BP(C)C(=O)CNC(=O)C(CC(C)C)NC(=O)C(Cc1ccccc1)NC(=O)CNC(=O)CCC(NC(=O)CCC(NC(=O)CCC(=O)NCCCCC(NC(=O)CNC(=O)C(CC(C)C)NC(=O)C(Cc1ccccc1)NC(=O)CN)C(=O)NCCOCCOCC(=O)NC)C(=O)O)C(=O)NCC(=O)NC(Cc1ccccc1)C(=O)NC(CC(C)C)C(=O)NCC(=O)P(B)C. The second kappa shape index (κ2) is 63.4. The van der Waals surface area contributed by atoms with Gasteiger partial charge in [0.15, 0.2) is 11.0 Å². The first-order valence-corrected chi connectivity index (χ1v) is 48.0. The van der Waals surface area contributed by atoms with E-state index in [9.17, 15) is 101 Å². The molecule has 0 radical (unpaired) electrons. The Bertz CT molecular complexity index is 4260. The molecular formula is C86H132B2N18O23P2. The summed E-state index contributed by atoms with van der Waals surface area (Å²) in [5.41, 5.74) is 7.08. The maximum Gasteiger partial charge on any atom is 0.326 e. The number of nitrogens with two attached hydrogens (primary N) is 1. The smallest absolute Gasteiger partial charge is 0.326 e. The minimum absolute atomic E-state index is 0.00340. The molecule has 45 heteroatoms. The molecule has 0 saturated heterocycles. The Hall–Kier alpha value is -11.7. The van der Waals surface area contributed by atoms with E-state index >= 15 is 0 Å². The molecule has 0 aliphatic rings. The first kappa shape index (κ1) is 114. The van der Waals surface area contributed by atoms with Crippen molar-refractivity contribution in [3.63, 3.8) is 0 Å². The van der Waals surface area contributed by atoms with E-state index in [1.165, 1.54) is 7.05 Å². The number of unbranched alkanes of at least 4 members (excludes halogenated alkanes) is 1. The van der Waals surface area contributed by atoms with Crippen LogP contribution in [-0.4, -0.2) is 291 Å². The van der Waals surface area contributed by atoms with Gasteiger partial charge < -0.3 is 111 Å². The van der Waals surface area contributed by atoms with Gasteiger partial charge in [0.25, 0.3) is 0 Å². The summed E-state index contributed by atoms with van der Waals surface area (Å²) in [5.74, 6) is -14.9. The number of carboxylic acids is 1. The molecule has 17 amide bonds. The molecule has 0 heterocycles. The third-order valence-electron chi connectivity index (χ3n) is 19.6. The molecule has 3 rings (SSSR count). The lowest BCUT2D eigenvalue weighted by Crippen LogP contribution is -2.56. The lowest BCUT2D eigenvalue weighted by atomic mass is 10.0. The normalized spacial score (nSPS) is 13.5. The monoisotopic (exact) mass is 1870 g/mol. The van der Waals surface area contributed by atoms with Crippen LogP contribution in [0, 0.1) is 17.8 Å². The molecule has 131 heavy (non-hydrogen) atoms. The summed E-state index contributed by atoms with van der Waals surface area (Å²) in [6.45, 7) is 11.1. The highest BCUT2D eigenvalue weighted by Crippen LogP contribution is 2.24.